The van der Waals surface area contributed by atoms with Gasteiger partial charge >= 0.3 is 8.60 Å². The number of unbranched alkanes of at least 4 members (excludes halogenated alkanes) is 3. The molecule has 0 aromatic rings. The van der Waals surface area contributed by atoms with Crippen LogP contribution in [-0.2, 0) is 13.6 Å². The van der Waals surface area contributed by atoms with Gasteiger partial charge in [-0.15, -0.1) is 0 Å². The predicted octanol–water partition coefficient (Wildman–Crippen LogP) is 4.03. The van der Waals surface area contributed by atoms with Gasteiger partial charge in [-0.1, -0.05) is 33.1 Å². The van der Waals surface area contributed by atoms with Gasteiger partial charge in [-0.05, 0) is 19.3 Å². The maximum absolute atomic E-state index is 5.66. The standard InChI is InChI=1S/C11H23O3P/c1-3-5-6-7-9-12-15-13-10-8-11(4-2)14-15/h11H,3-10H2,1-2H3. The van der Waals surface area contributed by atoms with Crippen molar-refractivity contribution in [1.82, 2.24) is 0 Å². The summed E-state index contributed by atoms with van der Waals surface area (Å²) in [6, 6.07) is 0. The number of rotatable bonds is 7. The van der Waals surface area contributed by atoms with Crippen LogP contribution in [0, 0.1) is 0 Å². The lowest BCUT2D eigenvalue weighted by Crippen LogP contribution is -2.18. The normalized spacial score (nSPS) is 26.8. The Morgan fingerprint density at radius 3 is 2.87 bits per heavy atom. The van der Waals surface area contributed by atoms with E-state index in [0.717, 1.165) is 32.5 Å². The Morgan fingerprint density at radius 1 is 1.27 bits per heavy atom. The van der Waals surface area contributed by atoms with Crippen LogP contribution in [-0.4, -0.2) is 19.3 Å². The fourth-order valence-corrected chi connectivity index (χ4v) is 2.70. The van der Waals surface area contributed by atoms with Crippen LogP contribution < -0.4 is 0 Å². The van der Waals surface area contributed by atoms with Gasteiger partial charge in [-0.25, -0.2) is 0 Å². The van der Waals surface area contributed by atoms with Crippen LogP contribution in [0.25, 0.3) is 0 Å². The second-order valence-electron chi connectivity index (χ2n) is 3.88. The molecule has 15 heavy (non-hydrogen) atoms. The zero-order chi connectivity index (χ0) is 10.9. The Morgan fingerprint density at radius 2 is 2.13 bits per heavy atom. The van der Waals surface area contributed by atoms with Crippen molar-refractivity contribution in [1.29, 1.82) is 0 Å². The molecule has 1 heterocycles. The molecule has 0 N–H and O–H groups in total. The van der Waals surface area contributed by atoms with Gasteiger partial charge in [-0.2, -0.15) is 0 Å². The molecule has 0 aromatic heterocycles. The highest BCUT2D eigenvalue weighted by atomic mass is 31.2. The van der Waals surface area contributed by atoms with Crippen LogP contribution in [0.5, 0.6) is 0 Å². The van der Waals surface area contributed by atoms with Crippen LogP contribution in [0.2, 0.25) is 0 Å². The highest BCUT2D eigenvalue weighted by Crippen LogP contribution is 2.45. The fourth-order valence-electron chi connectivity index (χ4n) is 1.48. The molecule has 0 bridgehead atoms. The van der Waals surface area contributed by atoms with Crippen molar-refractivity contribution in [2.45, 2.75) is 58.5 Å². The topological polar surface area (TPSA) is 27.7 Å². The summed E-state index contributed by atoms with van der Waals surface area (Å²) >= 11 is 0. The van der Waals surface area contributed by atoms with Crippen LogP contribution in [0.15, 0.2) is 0 Å². The van der Waals surface area contributed by atoms with Gasteiger partial charge in [0.05, 0.1) is 19.3 Å². The lowest BCUT2D eigenvalue weighted by Gasteiger charge is -2.27. The molecular weight excluding hydrogens is 211 g/mol. The minimum absolute atomic E-state index is 0.348. The van der Waals surface area contributed by atoms with Crippen LogP contribution in [0.3, 0.4) is 0 Å². The summed E-state index contributed by atoms with van der Waals surface area (Å²) in [6.45, 7) is 5.93. The molecule has 0 saturated carbocycles. The second kappa shape index (κ2) is 8.46. The molecule has 2 unspecified atom stereocenters. The van der Waals surface area contributed by atoms with Gasteiger partial charge in [0.1, 0.15) is 0 Å². The number of hydrogen-bond donors (Lipinski definition) is 0. The lowest BCUT2D eigenvalue weighted by atomic mass is 10.2. The Hall–Kier alpha value is 0.310. The molecule has 3 nitrogen and oxygen atoms in total. The zero-order valence-electron chi connectivity index (χ0n) is 9.91. The van der Waals surface area contributed by atoms with Crippen LogP contribution >= 0.6 is 8.60 Å². The Labute approximate surface area is 94.5 Å². The summed E-state index contributed by atoms with van der Waals surface area (Å²) in [5.41, 5.74) is 0. The molecule has 1 saturated heterocycles. The van der Waals surface area contributed by atoms with E-state index in [2.05, 4.69) is 13.8 Å². The summed E-state index contributed by atoms with van der Waals surface area (Å²) in [6.07, 6.45) is 7.34. The van der Waals surface area contributed by atoms with Gasteiger partial charge in [-0.3, -0.25) is 0 Å². The van der Waals surface area contributed by atoms with E-state index >= 15 is 0 Å². The van der Waals surface area contributed by atoms with Crippen LogP contribution in [0.1, 0.15) is 52.4 Å². The zero-order valence-corrected chi connectivity index (χ0v) is 10.8. The highest BCUT2D eigenvalue weighted by Gasteiger charge is 2.23. The average Bonchev–Trinajstić information content (AvgIpc) is 2.29. The first kappa shape index (κ1) is 13.4. The molecule has 0 amide bonds. The maximum Gasteiger partial charge on any atom is 0.332 e. The molecule has 1 fully saturated rings. The first-order chi connectivity index (χ1) is 7.36. The Kier molecular flexibility index (Phi) is 7.54. The first-order valence-electron chi connectivity index (χ1n) is 6.09. The Bertz CT molecular complexity index is 155. The summed E-state index contributed by atoms with van der Waals surface area (Å²) in [7, 11) is -1.04. The molecule has 1 aliphatic heterocycles. The van der Waals surface area contributed by atoms with E-state index in [1.54, 1.807) is 0 Å². The molecule has 1 rings (SSSR count). The SMILES string of the molecule is CCCCCCOP1OCCC(CC)O1. The van der Waals surface area contributed by atoms with Gasteiger partial charge < -0.3 is 13.6 Å². The van der Waals surface area contributed by atoms with Gasteiger partial charge in [0.15, 0.2) is 0 Å². The van der Waals surface area contributed by atoms with E-state index in [4.69, 9.17) is 13.6 Å². The molecule has 0 aliphatic carbocycles. The van der Waals surface area contributed by atoms with E-state index in [-0.39, 0.29) is 0 Å². The molecule has 1 aliphatic rings. The van der Waals surface area contributed by atoms with Gasteiger partial charge in [0.25, 0.3) is 0 Å². The Balaban J connectivity index is 2.00. The van der Waals surface area contributed by atoms with Gasteiger partial charge in [0, 0.05) is 0 Å². The lowest BCUT2D eigenvalue weighted by molar-refractivity contribution is 0.0594. The average molecular weight is 234 g/mol. The first-order valence-corrected chi connectivity index (χ1v) is 7.19. The van der Waals surface area contributed by atoms with Crippen molar-refractivity contribution in [3.8, 4) is 0 Å². The van der Waals surface area contributed by atoms with E-state index in [0.29, 0.717) is 6.10 Å². The number of hydrogen-bond acceptors (Lipinski definition) is 3. The second-order valence-corrected chi connectivity index (χ2v) is 5.05. The molecular formula is C11H23O3P. The minimum Gasteiger partial charge on any atom is -0.312 e. The highest BCUT2D eigenvalue weighted by molar-refractivity contribution is 7.41. The molecule has 2 atom stereocenters. The largest absolute Gasteiger partial charge is 0.332 e. The molecule has 0 aromatic carbocycles. The van der Waals surface area contributed by atoms with Crippen molar-refractivity contribution in [3.05, 3.63) is 0 Å². The third-order valence-corrected chi connectivity index (χ3v) is 3.78. The minimum atomic E-state index is -1.04. The van der Waals surface area contributed by atoms with Crippen molar-refractivity contribution in [2.75, 3.05) is 13.2 Å². The van der Waals surface area contributed by atoms with E-state index in [9.17, 15) is 0 Å². The van der Waals surface area contributed by atoms with E-state index < -0.39 is 8.60 Å². The van der Waals surface area contributed by atoms with Crippen molar-refractivity contribution in [3.63, 3.8) is 0 Å². The monoisotopic (exact) mass is 234 g/mol. The summed E-state index contributed by atoms with van der Waals surface area (Å²) in [4.78, 5) is 0. The van der Waals surface area contributed by atoms with Crippen LogP contribution in [0.4, 0.5) is 0 Å². The summed E-state index contributed by atoms with van der Waals surface area (Å²) in [5.74, 6) is 0. The van der Waals surface area contributed by atoms with Crippen molar-refractivity contribution >= 4 is 8.60 Å². The summed E-state index contributed by atoms with van der Waals surface area (Å²) in [5, 5.41) is 0. The maximum atomic E-state index is 5.66. The quantitative estimate of drug-likeness (QED) is 0.491. The van der Waals surface area contributed by atoms with E-state index in [1.165, 1.54) is 19.3 Å². The smallest absolute Gasteiger partial charge is 0.312 e. The van der Waals surface area contributed by atoms with E-state index in [1.807, 2.05) is 0 Å². The summed E-state index contributed by atoms with van der Waals surface area (Å²) < 4.78 is 16.7. The van der Waals surface area contributed by atoms with Crippen molar-refractivity contribution < 1.29 is 13.6 Å². The van der Waals surface area contributed by atoms with Crippen molar-refractivity contribution in [2.24, 2.45) is 0 Å². The van der Waals surface area contributed by atoms with Gasteiger partial charge in [0.2, 0.25) is 0 Å². The molecule has 0 spiro atoms. The predicted molar refractivity (Wildman–Crippen MR) is 62.7 cm³/mol. The molecule has 0 radical (unpaired) electrons. The molecule has 4 heteroatoms. The third-order valence-electron chi connectivity index (χ3n) is 2.52. The third kappa shape index (κ3) is 5.82. The fraction of sp³-hybridized carbons (Fsp3) is 1.00. The molecule has 90 valence electrons.